The maximum Gasteiger partial charge on any atom is 0.260 e. The average Bonchev–Trinajstić information content (AvgIpc) is 3.01. The predicted octanol–water partition coefficient (Wildman–Crippen LogP) is 0.246. The summed E-state index contributed by atoms with van der Waals surface area (Å²) < 4.78 is 28.4. The molecule has 1 fully saturated rings. The Morgan fingerprint density at radius 2 is 2.39 bits per heavy atom. The number of nitrogens with zero attached hydrogens (tertiary/aromatic N) is 2. The topological polar surface area (TPSA) is 90.0 Å². The van der Waals surface area contributed by atoms with E-state index < -0.39 is 16.1 Å². The minimum atomic E-state index is -3.65. The zero-order valence-corrected chi connectivity index (χ0v) is 11.7. The van der Waals surface area contributed by atoms with Crippen LogP contribution in [0.15, 0.2) is 17.6 Å². The minimum Gasteiger partial charge on any atom is -0.392 e. The van der Waals surface area contributed by atoms with Crippen LogP contribution in [0.5, 0.6) is 0 Å². The van der Waals surface area contributed by atoms with Gasteiger partial charge in [-0.15, -0.1) is 0 Å². The van der Waals surface area contributed by atoms with Crippen molar-refractivity contribution in [2.75, 3.05) is 0 Å². The molecule has 1 aromatic rings. The predicted molar refractivity (Wildman–Crippen MR) is 71.5 cm³/mol. The van der Waals surface area contributed by atoms with E-state index in [0.29, 0.717) is 6.54 Å². The first-order chi connectivity index (χ1) is 8.44. The lowest BCUT2D eigenvalue weighted by atomic mass is 10.2. The van der Waals surface area contributed by atoms with Crippen LogP contribution >= 0.6 is 12.2 Å². The number of nitrogens with one attached hydrogen (secondary N) is 1. The number of hydrogen-bond donors (Lipinski definition) is 2. The Hall–Kier alpha value is -0.990. The van der Waals surface area contributed by atoms with Crippen molar-refractivity contribution < 1.29 is 8.42 Å². The van der Waals surface area contributed by atoms with Crippen LogP contribution in [0.25, 0.3) is 0 Å². The SMILES string of the molecule is CCn1cnc(S(=O)(=O)NC(C(N)=S)C2CC2)c1. The molecule has 0 radical (unpaired) electrons. The van der Waals surface area contributed by atoms with Crippen LogP contribution < -0.4 is 10.5 Å². The molecule has 8 heteroatoms. The van der Waals surface area contributed by atoms with Gasteiger partial charge >= 0.3 is 0 Å². The van der Waals surface area contributed by atoms with Gasteiger partial charge in [0, 0.05) is 12.7 Å². The molecule has 3 N–H and O–H groups in total. The van der Waals surface area contributed by atoms with Crippen LogP contribution in [-0.4, -0.2) is 29.0 Å². The normalized spacial score (nSPS) is 17.6. The highest BCUT2D eigenvalue weighted by Crippen LogP contribution is 2.33. The van der Waals surface area contributed by atoms with Gasteiger partial charge < -0.3 is 10.3 Å². The lowest BCUT2D eigenvalue weighted by Crippen LogP contribution is -2.45. The third kappa shape index (κ3) is 2.88. The van der Waals surface area contributed by atoms with E-state index in [1.807, 2.05) is 6.92 Å². The third-order valence-corrected chi connectivity index (χ3v) is 4.51. The van der Waals surface area contributed by atoms with E-state index in [0.717, 1.165) is 12.8 Å². The van der Waals surface area contributed by atoms with Crippen LogP contribution in [0.3, 0.4) is 0 Å². The van der Waals surface area contributed by atoms with Gasteiger partial charge in [0.15, 0.2) is 5.03 Å². The summed E-state index contributed by atoms with van der Waals surface area (Å²) in [6.07, 6.45) is 4.88. The van der Waals surface area contributed by atoms with Crippen molar-refractivity contribution in [2.45, 2.75) is 37.4 Å². The second-order valence-electron chi connectivity index (χ2n) is 4.38. The van der Waals surface area contributed by atoms with Gasteiger partial charge in [-0.2, -0.15) is 4.72 Å². The molecule has 1 saturated carbocycles. The van der Waals surface area contributed by atoms with E-state index in [-0.39, 0.29) is 15.9 Å². The number of sulfonamides is 1. The highest BCUT2D eigenvalue weighted by Gasteiger charge is 2.36. The summed E-state index contributed by atoms with van der Waals surface area (Å²) in [5.41, 5.74) is 5.57. The molecule has 1 aliphatic rings. The van der Waals surface area contributed by atoms with Crippen LogP contribution in [0.2, 0.25) is 0 Å². The van der Waals surface area contributed by atoms with Gasteiger partial charge in [0.2, 0.25) is 0 Å². The summed E-state index contributed by atoms with van der Waals surface area (Å²) in [5, 5.41) is 0.00579. The molecule has 0 aromatic carbocycles. The first-order valence-electron chi connectivity index (χ1n) is 5.77. The summed E-state index contributed by atoms with van der Waals surface area (Å²) in [7, 11) is -3.65. The van der Waals surface area contributed by atoms with Gasteiger partial charge in [-0.3, -0.25) is 0 Å². The van der Waals surface area contributed by atoms with Crippen LogP contribution in [-0.2, 0) is 16.6 Å². The fourth-order valence-electron chi connectivity index (χ4n) is 1.69. The fraction of sp³-hybridized carbons (Fsp3) is 0.600. The van der Waals surface area contributed by atoms with Crippen molar-refractivity contribution in [3.8, 4) is 0 Å². The number of imidazole rings is 1. The van der Waals surface area contributed by atoms with E-state index in [1.54, 1.807) is 4.57 Å². The van der Waals surface area contributed by atoms with E-state index in [1.165, 1.54) is 12.5 Å². The zero-order chi connectivity index (χ0) is 13.3. The maximum atomic E-state index is 12.1. The van der Waals surface area contributed by atoms with Crippen LogP contribution in [0, 0.1) is 5.92 Å². The Morgan fingerprint density at radius 1 is 1.72 bits per heavy atom. The quantitative estimate of drug-likeness (QED) is 0.732. The van der Waals surface area contributed by atoms with E-state index in [2.05, 4.69) is 9.71 Å². The molecule has 6 nitrogen and oxygen atoms in total. The highest BCUT2D eigenvalue weighted by atomic mass is 32.2. The second-order valence-corrected chi connectivity index (χ2v) is 6.51. The van der Waals surface area contributed by atoms with Crippen molar-refractivity contribution in [1.82, 2.24) is 14.3 Å². The first kappa shape index (κ1) is 13.4. The van der Waals surface area contributed by atoms with Crippen molar-refractivity contribution in [3.05, 3.63) is 12.5 Å². The highest BCUT2D eigenvalue weighted by molar-refractivity contribution is 7.89. The molecule has 1 aliphatic carbocycles. The molecular weight excluding hydrogens is 272 g/mol. The van der Waals surface area contributed by atoms with Crippen molar-refractivity contribution in [2.24, 2.45) is 11.7 Å². The molecule has 0 bridgehead atoms. The van der Waals surface area contributed by atoms with Gasteiger partial charge in [-0.05, 0) is 25.7 Å². The summed E-state index contributed by atoms with van der Waals surface area (Å²) in [5.74, 6) is 0.227. The number of nitrogens with two attached hydrogens (primary N) is 1. The molecule has 0 amide bonds. The van der Waals surface area contributed by atoms with Gasteiger partial charge in [0.1, 0.15) is 0 Å². The Labute approximate surface area is 112 Å². The Balaban J connectivity index is 2.17. The van der Waals surface area contributed by atoms with Gasteiger partial charge in [-0.25, -0.2) is 13.4 Å². The number of aryl methyl sites for hydroxylation is 1. The minimum absolute atomic E-state index is 0.00579. The van der Waals surface area contributed by atoms with E-state index in [4.69, 9.17) is 18.0 Å². The van der Waals surface area contributed by atoms with Gasteiger partial charge in [0.25, 0.3) is 10.0 Å². The van der Waals surface area contributed by atoms with Gasteiger partial charge in [-0.1, -0.05) is 12.2 Å². The molecule has 0 spiro atoms. The molecule has 1 atom stereocenters. The van der Waals surface area contributed by atoms with Crippen LogP contribution in [0.1, 0.15) is 19.8 Å². The molecule has 100 valence electrons. The Morgan fingerprint density at radius 3 is 2.83 bits per heavy atom. The van der Waals surface area contributed by atoms with E-state index >= 15 is 0 Å². The molecule has 18 heavy (non-hydrogen) atoms. The molecule has 0 aliphatic heterocycles. The summed E-state index contributed by atoms with van der Waals surface area (Å²) >= 11 is 4.90. The standard InChI is InChI=1S/C10H16N4O2S2/c1-2-14-5-8(12-6-14)18(15,16)13-9(10(11)17)7-3-4-7/h5-7,9,13H,2-4H2,1H3,(H2,11,17). The van der Waals surface area contributed by atoms with Crippen molar-refractivity contribution in [3.63, 3.8) is 0 Å². The fourth-order valence-corrected chi connectivity index (χ4v) is 3.26. The number of rotatable bonds is 6. The number of hydrogen-bond acceptors (Lipinski definition) is 4. The zero-order valence-electron chi connectivity index (χ0n) is 10.0. The second kappa shape index (κ2) is 4.94. The largest absolute Gasteiger partial charge is 0.392 e. The lowest BCUT2D eigenvalue weighted by molar-refractivity contribution is 0.561. The molecule has 1 unspecified atom stereocenters. The Bertz CT molecular complexity index is 548. The monoisotopic (exact) mass is 288 g/mol. The smallest absolute Gasteiger partial charge is 0.260 e. The average molecular weight is 288 g/mol. The Kier molecular flexibility index (Phi) is 3.69. The summed E-state index contributed by atoms with van der Waals surface area (Å²) in [4.78, 5) is 4.07. The molecule has 1 heterocycles. The number of aromatic nitrogens is 2. The van der Waals surface area contributed by atoms with E-state index in [9.17, 15) is 8.42 Å². The lowest BCUT2D eigenvalue weighted by Gasteiger charge is -2.15. The molecule has 2 rings (SSSR count). The third-order valence-electron chi connectivity index (χ3n) is 2.93. The number of thiocarbonyl (C=S) groups is 1. The first-order valence-corrected chi connectivity index (χ1v) is 7.66. The summed E-state index contributed by atoms with van der Waals surface area (Å²) in [6.45, 7) is 2.58. The molecule has 0 saturated heterocycles. The maximum absolute atomic E-state index is 12.1. The molecule has 1 aromatic heterocycles. The van der Waals surface area contributed by atoms with Gasteiger partial charge in [0.05, 0.1) is 17.4 Å². The molecular formula is C10H16N4O2S2. The van der Waals surface area contributed by atoms with Crippen LogP contribution in [0.4, 0.5) is 0 Å². The summed E-state index contributed by atoms with van der Waals surface area (Å²) in [6, 6.07) is -0.461. The van der Waals surface area contributed by atoms with Crippen molar-refractivity contribution in [1.29, 1.82) is 0 Å². The van der Waals surface area contributed by atoms with Crippen molar-refractivity contribution >= 4 is 27.2 Å².